The lowest BCUT2D eigenvalue weighted by Gasteiger charge is -2.18. The van der Waals surface area contributed by atoms with Crippen molar-refractivity contribution in [3.63, 3.8) is 0 Å². The highest BCUT2D eigenvalue weighted by atomic mass is 19.4. The quantitative estimate of drug-likeness (QED) is 0.620. The van der Waals surface area contributed by atoms with Gasteiger partial charge in [-0.2, -0.15) is 13.2 Å². The Bertz CT molecular complexity index is 223. The van der Waals surface area contributed by atoms with Crippen molar-refractivity contribution in [2.24, 2.45) is 5.92 Å². The van der Waals surface area contributed by atoms with Crippen LogP contribution in [-0.4, -0.2) is 6.18 Å². The zero-order chi connectivity index (χ0) is 9.90. The van der Waals surface area contributed by atoms with E-state index in [1.54, 1.807) is 12.2 Å². The van der Waals surface area contributed by atoms with Crippen LogP contribution in [-0.2, 0) is 0 Å². The zero-order valence-electron chi connectivity index (χ0n) is 7.56. The summed E-state index contributed by atoms with van der Waals surface area (Å²) >= 11 is 0. The maximum absolute atomic E-state index is 12.2. The van der Waals surface area contributed by atoms with Crippen LogP contribution in [0.15, 0.2) is 23.8 Å². The Labute approximate surface area is 76.1 Å². The van der Waals surface area contributed by atoms with Crippen molar-refractivity contribution in [1.29, 1.82) is 0 Å². The first-order valence-electron chi connectivity index (χ1n) is 4.48. The van der Waals surface area contributed by atoms with Gasteiger partial charge in [0.15, 0.2) is 0 Å². The van der Waals surface area contributed by atoms with Crippen molar-refractivity contribution in [1.82, 2.24) is 0 Å². The van der Waals surface area contributed by atoms with Gasteiger partial charge in [-0.05, 0) is 12.8 Å². The van der Waals surface area contributed by atoms with E-state index in [-0.39, 0.29) is 6.42 Å². The summed E-state index contributed by atoms with van der Waals surface area (Å²) in [5, 5.41) is 0. The van der Waals surface area contributed by atoms with Crippen molar-refractivity contribution < 1.29 is 13.2 Å². The van der Waals surface area contributed by atoms with Crippen LogP contribution in [0.2, 0.25) is 0 Å². The molecule has 0 aromatic heterocycles. The number of halogens is 3. The second-order valence-corrected chi connectivity index (χ2v) is 3.27. The molecule has 1 atom stereocenters. The molecule has 0 heterocycles. The molecule has 0 fully saturated rings. The van der Waals surface area contributed by atoms with Gasteiger partial charge >= 0.3 is 6.18 Å². The van der Waals surface area contributed by atoms with E-state index in [9.17, 15) is 13.2 Å². The molecular formula is C10H13F3. The van der Waals surface area contributed by atoms with Crippen LogP contribution in [0.1, 0.15) is 26.2 Å². The summed E-state index contributed by atoms with van der Waals surface area (Å²) in [6, 6.07) is 0. The van der Waals surface area contributed by atoms with Crippen LogP contribution >= 0.6 is 0 Å². The lowest BCUT2D eigenvalue weighted by molar-refractivity contribution is -0.160. The number of hydrogen-bond acceptors (Lipinski definition) is 0. The van der Waals surface area contributed by atoms with E-state index in [1.165, 1.54) is 6.08 Å². The topological polar surface area (TPSA) is 0 Å². The predicted octanol–water partition coefficient (Wildman–Crippen LogP) is 3.85. The number of rotatable bonds is 2. The minimum absolute atomic E-state index is 0.106. The van der Waals surface area contributed by atoms with Crippen molar-refractivity contribution in [3.8, 4) is 0 Å². The second kappa shape index (κ2) is 3.99. The monoisotopic (exact) mass is 190 g/mol. The summed E-state index contributed by atoms with van der Waals surface area (Å²) in [5.41, 5.74) is 1.03. The third kappa shape index (κ3) is 2.90. The number of alkyl halides is 3. The van der Waals surface area contributed by atoms with Crippen LogP contribution in [0.25, 0.3) is 0 Å². The molecule has 0 bridgehead atoms. The SMILES string of the molecule is CCCC1=CCC(C(F)(F)F)C=C1. The van der Waals surface area contributed by atoms with E-state index in [2.05, 4.69) is 0 Å². The Hall–Kier alpha value is -0.730. The maximum atomic E-state index is 12.2. The summed E-state index contributed by atoms with van der Waals surface area (Å²) < 4.78 is 36.5. The van der Waals surface area contributed by atoms with Crippen LogP contribution in [0.4, 0.5) is 13.2 Å². The van der Waals surface area contributed by atoms with Gasteiger partial charge in [-0.15, -0.1) is 0 Å². The molecular weight excluding hydrogens is 177 g/mol. The molecule has 0 spiro atoms. The molecule has 0 N–H and O–H groups in total. The molecule has 0 aromatic rings. The highest BCUT2D eigenvalue weighted by Crippen LogP contribution is 2.33. The molecule has 0 amide bonds. The Morgan fingerprint density at radius 3 is 2.54 bits per heavy atom. The Kier molecular flexibility index (Phi) is 3.17. The first-order valence-corrected chi connectivity index (χ1v) is 4.48. The average Bonchev–Trinajstić information content (AvgIpc) is 2.04. The zero-order valence-corrected chi connectivity index (χ0v) is 7.56. The predicted molar refractivity (Wildman–Crippen MR) is 46.3 cm³/mol. The third-order valence-corrected chi connectivity index (χ3v) is 2.14. The van der Waals surface area contributed by atoms with Gasteiger partial charge in [-0.1, -0.05) is 37.1 Å². The van der Waals surface area contributed by atoms with Crippen LogP contribution < -0.4 is 0 Å². The maximum Gasteiger partial charge on any atom is 0.395 e. The van der Waals surface area contributed by atoms with E-state index in [1.807, 2.05) is 6.92 Å². The van der Waals surface area contributed by atoms with E-state index < -0.39 is 12.1 Å². The van der Waals surface area contributed by atoms with E-state index >= 15 is 0 Å². The molecule has 1 unspecified atom stereocenters. The van der Waals surface area contributed by atoms with Gasteiger partial charge in [0, 0.05) is 0 Å². The molecule has 0 saturated carbocycles. The van der Waals surface area contributed by atoms with E-state index in [0.717, 1.165) is 18.4 Å². The fraction of sp³-hybridized carbons (Fsp3) is 0.600. The molecule has 0 aromatic carbocycles. The molecule has 3 heteroatoms. The van der Waals surface area contributed by atoms with Crippen molar-refractivity contribution in [2.45, 2.75) is 32.4 Å². The third-order valence-electron chi connectivity index (χ3n) is 2.14. The van der Waals surface area contributed by atoms with Gasteiger partial charge in [0.1, 0.15) is 0 Å². The standard InChI is InChI=1S/C10H13F3/c1-2-3-8-4-6-9(7-5-8)10(11,12)13/h4-6,9H,2-3,7H2,1H3. The van der Waals surface area contributed by atoms with E-state index in [4.69, 9.17) is 0 Å². The number of allylic oxidation sites excluding steroid dienone is 4. The van der Waals surface area contributed by atoms with Gasteiger partial charge in [-0.25, -0.2) is 0 Å². The van der Waals surface area contributed by atoms with Gasteiger partial charge in [0.05, 0.1) is 5.92 Å². The molecule has 0 nitrogen and oxygen atoms in total. The van der Waals surface area contributed by atoms with Gasteiger partial charge in [-0.3, -0.25) is 0 Å². The summed E-state index contributed by atoms with van der Waals surface area (Å²) in [7, 11) is 0. The Morgan fingerprint density at radius 2 is 2.15 bits per heavy atom. The van der Waals surface area contributed by atoms with Crippen LogP contribution in [0.5, 0.6) is 0 Å². The molecule has 13 heavy (non-hydrogen) atoms. The summed E-state index contributed by atoms with van der Waals surface area (Å²) in [6.45, 7) is 2.02. The highest BCUT2D eigenvalue weighted by Gasteiger charge is 2.37. The lowest BCUT2D eigenvalue weighted by Crippen LogP contribution is -2.21. The van der Waals surface area contributed by atoms with Crippen LogP contribution in [0, 0.1) is 5.92 Å². The summed E-state index contributed by atoms with van der Waals surface area (Å²) in [6.07, 6.45) is 2.45. The fourth-order valence-corrected chi connectivity index (χ4v) is 1.38. The second-order valence-electron chi connectivity index (χ2n) is 3.27. The number of hydrogen-bond donors (Lipinski definition) is 0. The molecule has 0 aliphatic heterocycles. The molecule has 0 radical (unpaired) electrons. The summed E-state index contributed by atoms with van der Waals surface area (Å²) in [4.78, 5) is 0. The van der Waals surface area contributed by atoms with Gasteiger partial charge < -0.3 is 0 Å². The Morgan fingerprint density at radius 1 is 1.46 bits per heavy atom. The highest BCUT2D eigenvalue weighted by molar-refractivity contribution is 5.24. The molecule has 1 aliphatic rings. The van der Waals surface area contributed by atoms with Crippen LogP contribution in [0.3, 0.4) is 0 Å². The smallest absolute Gasteiger partial charge is 0.170 e. The van der Waals surface area contributed by atoms with Crippen molar-refractivity contribution in [3.05, 3.63) is 23.8 Å². The Balaban J connectivity index is 2.53. The molecule has 0 saturated heterocycles. The molecule has 74 valence electrons. The van der Waals surface area contributed by atoms with Gasteiger partial charge in [0.25, 0.3) is 0 Å². The first-order chi connectivity index (χ1) is 6.04. The van der Waals surface area contributed by atoms with Crippen molar-refractivity contribution in [2.75, 3.05) is 0 Å². The largest absolute Gasteiger partial charge is 0.395 e. The fourth-order valence-electron chi connectivity index (χ4n) is 1.38. The molecule has 1 aliphatic carbocycles. The minimum Gasteiger partial charge on any atom is -0.170 e. The van der Waals surface area contributed by atoms with Gasteiger partial charge in [0.2, 0.25) is 0 Å². The van der Waals surface area contributed by atoms with Crippen molar-refractivity contribution >= 4 is 0 Å². The van der Waals surface area contributed by atoms with E-state index in [0.29, 0.717) is 0 Å². The molecule has 1 rings (SSSR count). The lowest BCUT2D eigenvalue weighted by atomic mass is 9.94. The average molecular weight is 190 g/mol. The minimum atomic E-state index is -4.08. The first kappa shape index (κ1) is 10.4. The summed E-state index contributed by atoms with van der Waals surface area (Å²) in [5.74, 6) is -1.27. The normalized spacial score (nSPS) is 23.1.